The zero-order valence-corrected chi connectivity index (χ0v) is 15.9. The van der Waals surface area contributed by atoms with Crippen LogP contribution < -0.4 is 10.1 Å². The van der Waals surface area contributed by atoms with Crippen LogP contribution in [-0.4, -0.2) is 12.1 Å². The van der Waals surface area contributed by atoms with Crippen LogP contribution in [-0.2, 0) is 11.3 Å². The van der Waals surface area contributed by atoms with Crippen LogP contribution in [0.15, 0.2) is 72.8 Å². The van der Waals surface area contributed by atoms with Crippen molar-refractivity contribution in [2.24, 2.45) is 0 Å². The molecule has 6 heteroatoms. The first-order chi connectivity index (χ1) is 13.5. The van der Waals surface area contributed by atoms with E-state index in [1.54, 1.807) is 36.4 Å². The highest BCUT2D eigenvalue weighted by atomic mass is 35.5. The van der Waals surface area contributed by atoms with Crippen LogP contribution >= 0.6 is 11.6 Å². The van der Waals surface area contributed by atoms with Gasteiger partial charge < -0.3 is 9.47 Å². The number of rotatable bonds is 5. The molecule has 0 fully saturated rings. The van der Waals surface area contributed by atoms with Gasteiger partial charge in [-0.1, -0.05) is 60.1 Å². The van der Waals surface area contributed by atoms with Gasteiger partial charge in [-0.05, 0) is 42.3 Å². The Balaban J connectivity index is 1.68. The summed E-state index contributed by atoms with van der Waals surface area (Å²) in [7, 11) is 0. The third-order valence-corrected chi connectivity index (χ3v) is 4.19. The summed E-state index contributed by atoms with van der Waals surface area (Å²) in [5.41, 5.74) is 2.39. The van der Waals surface area contributed by atoms with Crippen molar-refractivity contribution in [1.29, 1.82) is 0 Å². The number of esters is 1. The van der Waals surface area contributed by atoms with Crippen molar-refractivity contribution in [3.63, 3.8) is 0 Å². The van der Waals surface area contributed by atoms with Crippen molar-refractivity contribution in [2.45, 2.75) is 13.5 Å². The zero-order valence-electron chi connectivity index (χ0n) is 15.1. The number of halogens is 1. The van der Waals surface area contributed by atoms with Crippen LogP contribution in [0.4, 0.5) is 10.5 Å². The average molecular weight is 396 g/mol. The van der Waals surface area contributed by atoms with Crippen LogP contribution in [0.1, 0.15) is 21.5 Å². The normalized spacial score (nSPS) is 10.2. The van der Waals surface area contributed by atoms with Gasteiger partial charge in [0.2, 0.25) is 0 Å². The molecule has 142 valence electrons. The quantitative estimate of drug-likeness (QED) is 0.570. The van der Waals surface area contributed by atoms with Gasteiger partial charge in [-0.25, -0.2) is 9.59 Å². The number of aryl methyl sites for hydroxylation is 1. The molecule has 0 saturated carbocycles. The second-order valence-electron chi connectivity index (χ2n) is 6.03. The Labute approximate surface area is 167 Å². The monoisotopic (exact) mass is 395 g/mol. The number of hydrogen-bond acceptors (Lipinski definition) is 4. The van der Waals surface area contributed by atoms with Gasteiger partial charge in [0.05, 0.1) is 0 Å². The van der Waals surface area contributed by atoms with Crippen LogP contribution in [0.2, 0.25) is 5.02 Å². The summed E-state index contributed by atoms with van der Waals surface area (Å²) in [5, 5.41) is 3.12. The minimum Gasteiger partial charge on any atom is -0.457 e. The van der Waals surface area contributed by atoms with Crippen LogP contribution in [0.3, 0.4) is 0 Å². The summed E-state index contributed by atoms with van der Waals surface area (Å²) < 4.78 is 10.6. The van der Waals surface area contributed by atoms with Crippen LogP contribution in [0.25, 0.3) is 0 Å². The Morgan fingerprint density at radius 3 is 2.46 bits per heavy atom. The molecule has 0 radical (unpaired) electrons. The third-order valence-electron chi connectivity index (χ3n) is 3.96. The average Bonchev–Trinajstić information content (AvgIpc) is 2.70. The number of carbonyl (C=O) groups excluding carboxylic acids is 2. The minimum atomic E-state index is -0.728. The SMILES string of the molecule is Cc1ccc(Cl)cc1NC(=O)Oc1ccccc1C(=O)OCc1ccccc1. The lowest BCUT2D eigenvalue weighted by Crippen LogP contribution is -2.19. The summed E-state index contributed by atoms with van der Waals surface area (Å²) >= 11 is 5.96. The highest BCUT2D eigenvalue weighted by molar-refractivity contribution is 6.31. The topological polar surface area (TPSA) is 64.6 Å². The Hall–Kier alpha value is -3.31. The number of hydrogen-bond donors (Lipinski definition) is 1. The lowest BCUT2D eigenvalue weighted by Gasteiger charge is -2.12. The standard InChI is InChI=1S/C22H18ClNO4/c1-15-11-12-17(23)13-19(15)24-22(26)28-20-10-6-5-9-18(20)21(25)27-14-16-7-3-2-4-8-16/h2-13H,14H2,1H3,(H,24,26). The molecule has 0 heterocycles. The third kappa shape index (κ3) is 5.11. The zero-order chi connectivity index (χ0) is 19.9. The summed E-state index contributed by atoms with van der Waals surface area (Å²) in [6.07, 6.45) is -0.728. The van der Waals surface area contributed by atoms with E-state index in [0.29, 0.717) is 10.7 Å². The molecule has 3 rings (SSSR count). The molecule has 0 unspecified atom stereocenters. The van der Waals surface area contributed by atoms with Gasteiger partial charge in [0.25, 0.3) is 0 Å². The molecule has 0 spiro atoms. The first-order valence-electron chi connectivity index (χ1n) is 8.58. The molecule has 1 amide bonds. The van der Waals surface area contributed by atoms with Gasteiger partial charge in [-0.15, -0.1) is 0 Å². The number of ether oxygens (including phenoxy) is 2. The maximum atomic E-state index is 12.4. The number of anilines is 1. The minimum absolute atomic E-state index is 0.109. The molecule has 0 atom stereocenters. The highest BCUT2D eigenvalue weighted by Crippen LogP contribution is 2.23. The summed E-state index contributed by atoms with van der Waals surface area (Å²) in [4.78, 5) is 24.7. The predicted molar refractivity (Wildman–Crippen MR) is 108 cm³/mol. The fourth-order valence-electron chi connectivity index (χ4n) is 2.49. The smallest absolute Gasteiger partial charge is 0.417 e. The first kappa shape index (κ1) is 19.5. The fraction of sp³-hybridized carbons (Fsp3) is 0.0909. The molecular formula is C22H18ClNO4. The second kappa shape index (κ2) is 9.06. The molecular weight excluding hydrogens is 378 g/mol. The fourth-order valence-corrected chi connectivity index (χ4v) is 2.66. The number of amides is 1. The van der Waals surface area contributed by atoms with E-state index in [0.717, 1.165) is 11.1 Å². The van der Waals surface area contributed by atoms with Gasteiger partial charge in [0, 0.05) is 10.7 Å². The molecule has 0 aliphatic rings. The predicted octanol–water partition coefficient (Wildman–Crippen LogP) is 5.62. The Bertz CT molecular complexity index is 989. The van der Waals surface area contributed by atoms with Crippen LogP contribution in [0.5, 0.6) is 5.75 Å². The summed E-state index contributed by atoms with van der Waals surface area (Å²) in [6, 6.07) is 20.9. The van der Waals surface area contributed by atoms with Crippen molar-refractivity contribution in [1.82, 2.24) is 0 Å². The van der Waals surface area contributed by atoms with E-state index >= 15 is 0 Å². The number of benzene rings is 3. The van der Waals surface area contributed by atoms with E-state index in [1.807, 2.05) is 37.3 Å². The summed E-state index contributed by atoms with van der Waals surface area (Å²) in [5.74, 6) is -0.469. The molecule has 3 aromatic carbocycles. The lowest BCUT2D eigenvalue weighted by atomic mass is 10.2. The molecule has 1 N–H and O–H groups in total. The number of nitrogens with one attached hydrogen (secondary N) is 1. The Morgan fingerprint density at radius 1 is 0.964 bits per heavy atom. The molecule has 3 aromatic rings. The van der Waals surface area contributed by atoms with Gasteiger partial charge in [0.1, 0.15) is 17.9 Å². The largest absolute Gasteiger partial charge is 0.457 e. The molecule has 0 aliphatic heterocycles. The number of carbonyl (C=O) groups is 2. The van der Waals surface area contributed by atoms with Crippen molar-refractivity contribution < 1.29 is 19.1 Å². The maximum absolute atomic E-state index is 12.4. The molecule has 0 bridgehead atoms. The van der Waals surface area contributed by atoms with Gasteiger partial charge in [-0.3, -0.25) is 5.32 Å². The van der Waals surface area contributed by atoms with E-state index in [-0.39, 0.29) is 17.9 Å². The molecule has 5 nitrogen and oxygen atoms in total. The van der Waals surface area contributed by atoms with Crippen molar-refractivity contribution in [2.75, 3.05) is 5.32 Å². The van der Waals surface area contributed by atoms with Gasteiger partial charge in [-0.2, -0.15) is 0 Å². The molecule has 0 aliphatic carbocycles. The highest BCUT2D eigenvalue weighted by Gasteiger charge is 2.17. The van der Waals surface area contributed by atoms with Gasteiger partial charge in [0.15, 0.2) is 0 Å². The molecule has 0 aromatic heterocycles. The lowest BCUT2D eigenvalue weighted by molar-refractivity contribution is 0.0470. The summed E-state index contributed by atoms with van der Waals surface area (Å²) in [6.45, 7) is 1.96. The molecule has 0 saturated heterocycles. The number of para-hydroxylation sites is 1. The van der Waals surface area contributed by atoms with Crippen molar-refractivity contribution in [3.05, 3.63) is 94.5 Å². The van der Waals surface area contributed by atoms with E-state index in [2.05, 4.69) is 5.32 Å². The van der Waals surface area contributed by atoms with Gasteiger partial charge >= 0.3 is 12.1 Å². The maximum Gasteiger partial charge on any atom is 0.417 e. The first-order valence-corrected chi connectivity index (χ1v) is 8.96. The Morgan fingerprint density at radius 2 is 1.68 bits per heavy atom. The van der Waals surface area contributed by atoms with E-state index in [4.69, 9.17) is 21.1 Å². The van der Waals surface area contributed by atoms with Crippen molar-refractivity contribution >= 4 is 29.4 Å². The van der Waals surface area contributed by atoms with Crippen molar-refractivity contribution in [3.8, 4) is 5.75 Å². The Kier molecular flexibility index (Phi) is 6.29. The second-order valence-corrected chi connectivity index (χ2v) is 6.47. The van der Waals surface area contributed by atoms with Crippen LogP contribution in [0, 0.1) is 6.92 Å². The van der Waals surface area contributed by atoms with E-state index < -0.39 is 12.1 Å². The van der Waals surface area contributed by atoms with E-state index in [1.165, 1.54) is 6.07 Å². The van der Waals surface area contributed by atoms with E-state index in [9.17, 15) is 9.59 Å². The molecule has 28 heavy (non-hydrogen) atoms.